The number of anilines is 2. The predicted octanol–water partition coefficient (Wildman–Crippen LogP) is 5.28. The molecular formula is C18H13F5N4OS2. The molecule has 12 heteroatoms. The van der Waals surface area contributed by atoms with Crippen molar-refractivity contribution in [3.05, 3.63) is 52.7 Å². The average molecular weight is 460 g/mol. The fraction of sp³-hybridized carbons (Fsp3) is 0.167. The van der Waals surface area contributed by atoms with Crippen LogP contribution in [0.25, 0.3) is 10.6 Å². The summed E-state index contributed by atoms with van der Waals surface area (Å²) in [6.07, 6.45) is -2.05. The van der Waals surface area contributed by atoms with Crippen molar-refractivity contribution in [2.45, 2.75) is 18.0 Å². The van der Waals surface area contributed by atoms with Crippen LogP contribution in [0.1, 0.15) is 15.2 Å². The van der Waals surface area contributed by atoms with E-state index in [1.165, 1.54) is 13.1 Å². The number of nitrogens with one attached hydrogen (secondary N) is 1. The SMILES string of the molecule is Cc1cc(F)c(NC(=O)c2sc(-c3cncc(F)c3)nc2N)cc1SCC(F)(F)F. The first kappa shape index (κ1) is 22.0. The number of pyridine rings is 1. The van der Waals surface area contributed by atoms with Gasteiger partial charge in [0.25, 0.3) is 5.91 Å². The standard InChI is InChI=1S/C18H13F5N4OS2/c1-8-2-11(20)12(4-13(8)29-7-18(21,22)23)26-16(28)14-15(24)27-17(30-14)9-3-10(19)6-25-5-9/h2-6H,7,24H2,1H3,(H,26,28). The Morgan fingerprint density at radius 1 is 1.23 bits per heavy atom. The number of thioether (sulfide) groups is 1. The number of aromatic nitrogens is 2. The van der Waals surface area contributed by atoms with Crippen molar-refractivity contribution in [3.8, 4) is 10.6 Å². The van der Waals surface area contributed by atoms with Gasteiger partial charge < -0.3 is 11.1 Å². The fourth-order valence-electron chi connectivity index (χ4n) is 2.39. The molecule has 0 unspecified atom stereocenters. The van der Waals surface area contributed by atoms with E-state index >= 15 is 0 Å². The van der Waals surface area contributed by atoms with Crippen LogP contribution in [0, 0.1) is 18.6 Å². The molecule has 3 N–H and O–H groups in total. The number of hydrogen-bond acceptors (Lipinski definition) is 6. The molecule has 30 heavy (non-hydrogen) atoms. The number of nitrogens with zero attached hydrogens (tertiary/aromatic N) is 2. The Morgan fingerprint density at radius 2 is 1.97 bits per heavy atom. The molecule has 0 aliphatic carbocycles. The number of rotatable bonds is 5. The van der Waals surface area contributed by atoms with E-state index in [0.717, 1.165) is 35.7 Å². The molecule has 0 fully saturated rings. The lowest BCUT2D eigenvalue weighted by Crippen LogP contribution is -2.14. The molecular weight excluding hydrogens is 447 g/mol. The van der Waals surface area contributed by atoms with Gasteiger partial charge >= 0.3 is 6.18 Å². The summed E-state index contributed by atoms with van der Waals surface area (Å²) in [4.78, 5) is 20.4. The molecule has 0 saturated heterocycles. The molecule has 3 aromatic rings. The molecule has 0 aliphatic heterocycles. The van der Waals surface area contributed by atoms with Gasteiger partial charge in [-0.2, -0.15) is 13.2 Å². The third-order valence-corrected chi connectivity index (χ3v) is 6.06. The second-order valence-corrected chi connectivity index (χ2v) is 8.10. The van der Waals surface area contributed by atoms with Gasteiger partial charge in [0.15, 0.2) is 0 Å². The molecule has 1 amide bonds. The number of halogens is 5. The maximum Gasteiger partial charge on any atom is 0.398 e. The normalized spacial score (nSPS) is 11.5. The summed E-state index contributed by atoms with van der Waals surface area (Å²) in [5.74, 6) is -3.52. The lowest BCUT2D eigenvalue weighted by atomic mass is 10.2. The van der Waals surface area contributed by atoms with Crippen molar-refractivity contribution in [1.29, 1.82) is 0 Å². The Hall–Kier alpha value is -2.73. The Morgan fingerprint density at radius 3 is 2.63 bits per heavy atom. The molecule has 158 valence electrons. The van der Waals surface area contributed by atoms with E-state index in [4.69, 9.17) is 5.73 Å². The first-order valence-electron chi connectivity index (χ1n) is 8.22. The summed E-state index contributed by atoms with van der Waals surface area (Å²) in [7, 11) is 0. The van der Waals surface area contributed by atoms with Crippen LogP contribution in [0.15, 0.2) is 35.5 Å². The number of nitrogen functional groups attached to an aromatic ring is 1. The van der Waals surface area contributed by atoms with Crippen molar-refractivity contribution in [2.75, 3.05) is 16.8 Å². The Kier molecular flexibility index (Phi) is 6.27. The van der Waals surface area contributed by atoms with Crippen LogP contribution in [-0.4, -0.2) is 27.8 Å². The fourth-order valence-corrected chi connectivity index (χ4v) is 4.06. The van der Waals surface area contributed by atoms with Gasteiger partial charge in [0.05, 0.1) is 17.6 Å². The summed E-state index contributed by atoms with van der Waals surface area (Å²) in [6, 6.07) is 3.33. The van der Waals surface area contributed by atoms with Crippen LogP contribution in [0.4, 0.5) is 33.5 Å². The van der Waals surface area contributed by atoms with Gasteiger partial charge in [0.2, 0.25) is 0 Å². The average Bonchev–Trinajstić information content (AvgIpc) is 3.04. The van der Waals surface area contributed by atoms with E-state index < -0.39 is 29.5 Å². The van der Waals surface area contributed by atoms with Crippen LogP contribution < -0.4 is 11.1 Å². The molecule has 0 radical (unpaired) electrons. The van der Waals surface area contributed by atoms with Gasteiger partial charge in [0.1, 0.15) is 27.3 Å². The van der Waals surface area contributed by atoms with Gasteiger partial charge in [-0.1, -0.05) is 0 Å². The highest BCUT2D eigenvalue weighted by molar-refractivity contribution is 7.99. The van der Waals surface area contributed by atoms with Crippen LogP contribution in [0.2, 0.25) is 0 Å². The molecule has 1 aromatic carbocycles. The number of alkyl halides is 3. The highest BCUT2D eigenvalue weighted by Gasteiger charge is 2.28. The lowest BCUT2D eigenvalue weighted by molar-refractivity contribution is -0.105. The van der Waals surface area contributed by atoms with E-state index in [-0.39, 0.29) is 26.3 Å². The first-order valence-corrected chi connectivity index (χ1v) is 10.0. The van der Waals surface area contributed by atoms with Crippen LogP contribution in [0.3, 0.4) is 0 Å². The molecule has 0 atom stereocenters. The van der Waals surface area contributed by atoms with Crippen molar-refractivity contribution in [1.82, 2.24) is 9.97 Å². The Bertz CT molecular complexity index is 1100. The second kappa shape index (κ2) is 8.56. The van der Waals surface area contributed by atoms with Gasteiger partial charge in [-0.25, -0.2) is 13.8 Å². The minimum absolute atomic E-state index is 0.0567. The van der Waals surface area contributed by atoms with Crippen LogP contribution >= 0.6 is 23.1 Å². The largest absolute Gasteiger partial charge is 0.398 e. The smallest absolute Gasteiger partial charge is 0.382 e. The van der Waals surface area contributed by atoms with Crippen molar-refractivity contribution >= 4 is 40.5 Å². The maximum atomic E-state index is 14.3. The number of thiazole rings is 1. The van der Waals surface area contributed by atoms with Gasteiger partial charge in [0, 0.05) is 16.7 Å². The Labute approximate surface area is 175 Å². The van der Waals surface area contributed by atoms with Crippen molar-refractivity contribution in [2.24, 2.45) is 0 Å². The molecule has 3 rings (SSSR count). The number of amides is 1. The topological polar surface area (TPSA) is 80.9 Å². The number of benzene rings is 1. The molecule has 2 aromatic heterocycles. The highest BCUT2D eigenvalue weighted by Crippen LogP contribution is 2.34. The Balaban J connectivity index is 1.84. The van der Waals surface area contributed by atoms with Gasteiger partial charge in [-0.05, 0) is 30.7 Å². The minimum Gasteiger partial charge on any atom is -0.382 e. The lowest BCUT2D eigenvalue weighted by Gasteiger charge is -2.12. The number of aryl methyl sites for hydroxylation is 1. The first-order chi connectivity index (χ1) is 14.0. The molecule has 0 saturated carbocycles. The zero-order valence-corrected chi connectivity index (χ0v) is 16.8. The predicted molar refractivity (Wildman–Crippen MR) is 106 cm³/mol. The molecule has 0 aliphatic rings. The summed E-state index contributed by atoms with van der Waals surface area (Å²) >= 11 is 1.33. The summed E-state index contributed by atoms with van der Waals surface area (Å²) in [5.41, 5.74) is 6.07. The summed E-state index contributed by atoms with van der Waals surface area (Å²) < 4.78 is 65.1. The number of hydrogen-bond donors (Lipinski definition) is 2. The molecule has 0 spiro atoms. The van der Waals surface area contributed by atoms with Crippen LogP contribution in [0.5, 0.6) is 0 Å². The molecule has 0 bridgehead atoms. The quantitative estimate of drug-likeness (QED) is 0.400. The molecule has 5 nitrogen and oxygen atoms in total. The van der Waals surface area contributed by atoms with E-state index in [2.05, 4.69) is 15.3 Å². The van der Waals surface area contributed by atoms with Crippen molar-refractivity contribution < 1.29 is 26.7 Å². The van der Waals surface area contributed by atoms with Crippen molar-refractivity contribution in [3.63, 3.8) is 0 Å². The van der Waals surface area contributed by atoms with E-state index in [0.29, 0.717) is 22.9 Å². The zero-order valence-electron chi connectivity index (χ0n) is 15.2. The third-order valence-electron chi connectivity index (χ3n) is 3.72. The van der Waals surface area contributed by atoms with Gasteiger partial charge in [-0.3, -0.25) is 9.78 Å². The maximum absolute atomic E-state index is 14.3. The van der Waals surface area contributed by atoms with Gasteiger partial charge in [-0.15, -0.1) is 23.1 Å². The number of nitrogens with two attached hydrogens (primary N) is 1. The second-order valence-electron chi connectivity index (χ2n) is 6.08. The van der Waals surface area contributed by atoms with Crippen LogP contribution in [-0.2, 0) is 0 Å². The zero-order chi connectivity index (χ0) is 22.1. The summed E-state index contributed by atoms with van der Waals surface area (Å²) in [5, 5.41) is 2.53. The number of carbonyl (C=O) groups excluding carboxylic acids is 1. The van der Waals surface area contributed by atoms with E-state index in [9.17, 15) is 26.7 Å². The minimum atomic E-state index is -4.39. The monoisotopic (exact) mass is 460 g/mol. The molecule has 2 heterocycles. The van der Waals surface area contributed by atoms with E-state index in [1.807, 2.05) is 0 Å². The summed E-state index contributed by atoms with van der Waals surface area (Å²) in [6.45, 7) is 1.47. The number of carbonyl (C=O) groups is 1. The van der Waals surface area contributed by atoms with E-state index in [1.54, 1.807) is 0 Å². The highest BCUT2D eigenvalue weighted by atomic mass is 32.2. The third kappa shape index (κ3) is 5.25.